The van der Waals surface area contributed by atoms with Crippen LogP contribution in [0.25, 0.3) is 0 Å². The highest BCUT2D eigenvalue weighted by Gasteiger charge is 2.50. The molecule has 2 aliphatic rings. The van der Waals surface area contributed by atoms with Gasteiger partial charge in [-0.05, 0) is 13.3 Å². The molecule has 32 heavy (non-hydrogen) atoms. The monoisotopic (exact) mass is 470 g/mol. The smallest absolute Gasteiger partial charge is 0.187 e. The molecule has 2 saturated heterocycles. The SMILES string of the molecule is CC(=O)CCCOCCO[C@H]1O[C@@H](CO)[C@@H](O)[C@H](O)[C@@H]1O[C@H]1O[C@H](CO)[C@@H](O)[C@H](O)[C@@H]1O. The van der Waals surface area contributed by atoms with Crippen molar-refractivity contribution in [2.45, 2.75) is 81.2 Å². The number of aliphatic hydroxyl groups excluding tert-OH is 7. The van der Waals surface area contributed by atoms with Crippen LogP contribution in [0.3, 0.4) is 0 Å². The lowest BCUT2D eigenvalue weighted by atomic mass is 9.97. The Labute approximate surface area is 185 Å². The van der Waals surface area contributed by atoms with E-state index in [0.717, 1.165) is 0 Å². The fourth-order valence-electron chi connectivity index (χ4n) is 3.42. The fraction of sp³-hybridized carbons (Fsp3) is 0.947. The summed E-state index contributed by atoms with van der Waals surface area (Å²) in [5, 5.41) is 69.3. The zero-order valence-corrected chi connectivity index (χ0v) is 17.8. The average molecular weight is 470 g/mol. The second kappa shape index (κ2) is 13.2. The normalized spacial score (nSPS) is 40.4. The van der Waals surface area contributed by atoms with E-state index < -0.39 is 74.6 Å². The van der Waals surface area contributed by atoms with Crippen molar-refractivity contribution in [3.05, 3.63) is 0 Å². The molecule has 2 heterocycles. The summed E-state index contributed by atoms with van der Waals surface area (Å²) >= 11 is 0. The summed E-state index contributed by atoms with van der Waals surface area (Å²) in [4.78, 5) is 10.9. The summed E-state index contributed by atoms with van der Waals surface area (Å²) in [6, 6.07) is 0. The van der Waals surface area contributed by atoms with Crippen molar-refractivity contribution < 1.29 is 64.2 Å². The van der Waals surface area contributed by atoms with Gasteiger partial charge in [0, 0.05) is 13.0 Å². The molecule has 0 aromatic carbocycles. The van der Waals surface area contributed by atoms with Crippen LogP contribution in [0.1, 0.15) is 19.8 Å². The van der Waals surface area contributed by atoms with E-state index in [2.05, 4.69) is 0 Å². The van der Waals surface area contributed by atoms with Crippen molar-refractivity contribution >= 4 is 5.78 Å². The number of rotatable bonds is 12. The van der Waals surface area contributed by atoms with Gasteiger partial charge >= 0.3 is 0 Å². The molecule has 2 rings (SSSR count). The summed E-state index contributed by atoms with van der Waals surface area (Å²) in [5.74, 6) is 0.0521. The molecule has 0 bridgehead atoms. The highest BCUT2D eigenvalue weighted by molar-refractivity contribution is 5.75. The first-order valence-electron chi connectivity index (χ1n) is 10.5. The van der Waals surface area contributed by atoms with Crippen molar-refractivity contribution in [1.29, 1.82) is 0 Å². The lowest BCUT2D eigenvalue weighted by Crippen LogP contribution is -2.64. The van der Waals surface area contributed by atoms with Gasteiger partial charge in [-0.15, -0.1) is 0 Å². The van der Waals surface area contributed by atoms with E-state index in [1.54, 1.807) is 0 Å². The predicted octanol–water partition coefficient (Wildman–Crippen LogP) is -3.99. The third-order valence-corrected chi connectivity index (χ3v) is 5.29. The molecule has 188 valence electrons. The maximum absolute atomic E-state index is 10.9. The van der Waals surface area contributed by atoms with Gasteiger partial charge in [0.1, 0.15) is 54.6 Å². The van der Waals surface area contributed by atoms with Gasteiger partial charge in [0.05, 0.1) is 26.4 Å². The van der Waals surface area contributed by atoms with Crippen LogP contribution >= 0.6 is 0 Å². The molecule has 0 amide bonds. The Hall–Kier alpha value is -0.810. The molecular weight excluding hydrogens is 436 g/mol. The fourth-order valence-corrected chi connectivity index (χ4v) is 3.42. The molecule has 0 aromatic rings. The van der Waals surface area contributed by atoms with E-state index in [4.69, 9.17) is 23.7 Å². The molecule has 7 N–H and O–H groups in total. The second-order valence-corrected chi connectivity index (χ2v) is 7.79. The van der Waals surface area contributed by atoms with E-state index in [1.807, 2.05) is 0 Å². The first kappa shape index (κ1) is 27.4. The Morgan fingerprint density at radius 1 is 0.781 bits per heavy atom. The molecule has 0 spiro atoms. The van der Waals surface area contributed by atoms with E-state index in [9.17, 15) is 40.5 Å². The molecule has 0 aromatic heterocycles. The predicted molar refractivity (Wildman–Crippen MR) is 103 cm³/mol. The number of carbonyl (C=O) groups excluding carboxylic acids is 1. The van der Waals surface area contributed by atoms with Gasteiger partial charge in [-0.1, -0.05) is 0 Å². The number of aliphatic hydroxyl groups is 7. The first-order valence-corrected chi connectivity index (χ1v) is 10.5. The Bertz CT molecular complexity index is 561. The van der Waals surface area contributed by atoms with E-state index in [1.165, 1.54) is 6.92 Å². The van der Waals surface area contributed by atoms with Crippen LogP contribution in [-0.2, 0) is 28.5 Å². The van der Waals surface area contributed by atoms with Crippen LogP contribution < -0.4 is 0 Å². The Balaban J connectivity index is 1.98. The number of carbonyl (C=O) groups is 1. The molecule has 0 saturated carbocycles. The topological polar surface area (TPSA) is 205 Å². The zero-order valence-electron chi connectivity index (χ0n) is 17.8. The van der Waals surface area contributed by atoms with Gasteiger partial charge < -0.3 is 64.2 Å². The van der Waals surface area contributed by atoms with Crippen molar-refractivity contribution in [1.82, 2.24) is 0 Å². The minimum atomic E-state index is -1.74. The maximum atomic E-state index is 10.9. The van der Waals surface area contributed by atoms with Gasteiger partial charge in [0.2, 0.25) is 0 Å². The molecular formula is C19H34O13. The molecule has 0 radical (unpaired) electrons. The number of hydrogen-bond donors (Lipinski definition) is 7. The van der Waals surface area contributed by atoms with Gasteiger partial charge in [0.15, 0.2) is 12.6 Å². The lowest BCUT2D eigenvalue weighted by Gasteiger charge is -2.45. The molecule has 2 aliphatic heterocycles. The molecule has 13 heteroatoms. The Kier molecular flexibility index (Phi) is 11.3. The summed E-state index contributed by atoms with van der Waals surface area (Å²) in [6.45, 7) is 0.612. The standard InChI is InChI=1S/C19H34O13/c1-9(22)3-2-4-28-5-6-29-19-17(15(26)13(24)11(8-21)31-19)32-18-16(27)14(25)12(23)10(7-20)30-18/h10-21,23-27H,2-8H2,1H3/t10-,11+,12-,13-,14+,15+,16+,17+,18-,19+/m1/s1. The largest absolute Gasteiger partial charge is 0.394 e. The molecule has 2 fully saturated rings. The van der Waals surface area contributed by atoms with Crippen LogP contribution in [0, 0.1) is 0 Å². The lowest BCUT2D eigenvalue weighted by molar-refractivity contribution is -0.367. The second-order valence-electron chi connectivity index (χ2n) is 7.79. The molecule has 13 nitrogen and oxygen atoms in total. The van der Waals surface area contributed by atoms with Crippen molar-refractivity contribution in [3.63, 3.8) is 0 Å². The summed E-state index contributed by atoms with van der Waals surface area (Å²) in [6.07, 6.45) is -14.0. The highest BCUT2D eigenvalue weighted by atomic mass is 16.8. The van der Waals surface area contributed by atoms with Gasteiger partial charge in [-0.3, -0.25) is 0 Å². The number of ether oxygens (including phenoxy) is 5. The van der Waals surface area contributed by atoms with Gasteiger partial charge in [-0.2, -0.15) is 0 Å². The average Bonchev–Trinajstić information content (AvgIpc) is 2.77. The van der Waals surface area contributed by atoms with Crippen LogP contribution in [0.5, 0.6) is 0 Å². The van der Waals surface area contributed by atoms with Crippen molar-refractivity contribution in [2.75, 3.05) is 33.0 Å². The Morgan fingerprint density at radius 3 is 1.97 bits per heavy atom. The maximum Gasteiger partial charge on any atom is 0.187 e. The number of ketones is 1. The van der Waals surface area contributed by atoms with E-state index >= 15 is 0 Å². The highest BCUT2D eigenvalue weighted by Crippen LogP contribution is 2.29. The minimum absolute atomic E-state index is 0.0275. The van der Waals surface area contributed by atoms with Crippen molar-refractivity contribution in [3.8, 4) is 0 Å². The van der Waals surface area contributed by atoms with Crippen LogP contribution in [0.2, 0.25) is 0 Å². The van der Waals surface area contributed by atoms with Gasteiger partial charge in [0.25, 0.3) is 0 Å². The zero-order chi connectivity index (χ0) is 23.8. The van der Waals surface area contributed by atoms with Crippen LogP contribution in [0.15, 0.2) is 0 Å². The van der Waals surface area contributed by atoms with Gasteiger partial charge in [-0.25, -0.2) is 0 Å². The van der Waals surface area contributed by atoms with E-state index in [-0.39, 0.29) is 19.0 Å². The quantitative estimate of drug-likeness (QED) is 0.136. The molecule has 0 aliphatic carbocycles. The Morgan fingerprint density at radius 2 is 1.38 bits per heavy atom. The first-order chi connectivity index (χ1) is 15.2. The molecule has 10 atom stereocenters. The third kappa shape index (κ3) is 7.09. The van der Waals surface area contributed by atoms with E-state index in [0.29, 0.717) is 19.4 Å². The number of Topliss-reactive ketones (excluding diaryl/α,β-unsaturated/α-hetero) is 1. The van der Waals surface area contributed by atoms with Crippen molar-refractivity contribution in [2.24, 2.45) is 0 Å². The van der Waals surface area contributed by atoms with Crippen LogP contribution in [0.4, 0.5) is 0 Å². The summed E-state index contributed by atoms with van der Waals surface area (Å²) < 4.78 is 27.1. The third-order valence-electron chi connectivity index (χ3n) is 5.29. The molecule has 0 unspecified atom stereocenters. The summed E-state index contributed by atoms with van der Waals surface area (Å²) in [7, 11) is 0. The minimum Gasteiger partial charge on any atom is -0.394 e. The van der Waals surface area contributed by atoms with Crippen LogP contribution in [-0.4, -0.2) is 136 Å². The number of hydrogen-bond acceptors (Lipinski definition) is 13. The summed E-state index contributed by atoms with van der Waals surface area (Å²) in [5.41, 5.74) is 0.